The number of aryl methyl sites for hydroxylation is 1. The molecule has 0 bridgehead atoms. The second-order valence-corrected chi connectivity index (χ2v) is 6.16. The summed E-state index contributed by atoms with van der Waals surface area (Å²) in [6.07, 6.45) is 4.11. The molecule has 2 N–H and O–H groups in total. The summed E-state index contributed by atoms with van der Waals surface area (Å²) in [7, 11) is 0. The number of nitrogens with two attached hydrogens (primary N) is 1. The predicted octanol–water partition coefficient (Wildman–Crippen LogP) is 2.87. The Labute approximate surface area is 114 Å². The van der Waals surface area contributed by atoms with Gasteiger partial charge in [-0.2, -0.15) is 0 Å². The van der Waals surface area contributed by atoms with Gasteiger partial charge in [-0.1, -0.05) is 12.5 Å². The molecule has 3 rings (SSSR count). The molecule has 0 spiro atoms. The molecular weight excluding hydrogens is 239 g/mol. The van der Waals surface area contributed by atoms with E-state index in [4.69, 9.17) is 5.73 Å². The lowest BCUT2D eigenvalue weighted by molar-refractivity contribution is 0.230. The average Bonchev–Trinajstić information content (AvgIpc) is 2.95. The van der Waals surface area contributed by atoms with Gasteiger partial charge in [0, 0.05) is 25.7 Å². The lowest BCUT2D eigenvalue weighted by Gasteiger charge is -2.29. The Balaban J connectivity index is 1.83. The van der Waals surface area contributed by atoms with Gasteiger partial charge in [0.2, 0.25) is 0 Å². The van der Waals surface area contributed by atoms with Crippen LogP contribution in [0.5, 0.6) is 0 Å². The molecule has 3 atom stereocenters. The zero-order valence-corrected chi connectivity index (χ0v) is 11.6. The number of likely N-dealkylation sites (tertiary alicyclic amines) is 1. The van der Waals surface area contributed by atoms with E-state index in [2.05, 4.69) is 4.90 Å². The van der Waals surface area contributed by atoms with Crippen molar-refractivity contribution in [3.05, 3.63) is 35.1 Å². The van der Waals surface area contributed by atoms with Gasteiger partial charge in [-0.15, -0.1) is 0 Å². The van der Waals surface area contributed by atoms with E-state index in [9.17, 15) is 4.39 Å². The maximum atomic E-state index is 13.5. The molecule has 0 aromatic heterocycles. The van der Waals surface area contributed by atoms with E-state index >= 15 is 0 Å². The Kier molecular flexibility index (Phi) is 3.59. The topological polar surface area (TPSA) is 29.3 Å². The van der Waals surface area contributed by atoms with Crippen molar-refractivity contribution >= 4 is 0 Å². The maximum Gasteiger partial charge on any atom is 0.123 e. The van der Waals surface area contributed by atoms with Crippen LogP contribution in [0.1, 0.15) is 36.4 Å². The number of hydrogen-bond acceptors (Lipinski definition) is 2. The van der Waals surface area contributed by atoms with Crippen molar-refractivity contribution in [2.24, 2.45) is 17.6 Å². The minimum absolute atomic E-state index is 0.154. The fraction of sp³-hybridized carbons (Fsp3) is 0.625. The molecule has 2 aliphatic rings. The van der Waals surface area contributed by atoms with E-state index in [1.54, 1.807) is 6.07 Å². The summed E-state index contributed by atoms with van der Waals surface area (Å²) in [5.74, 6) is 1.55. The zero-order valence-electron chi connectivity index (χ0n) is 11.6. The fourth-order valence-electron chi connectivity index (χ4n) is 3.97. The van der Waals surface area contributed by atoms with Gasteiger partial charge in [0.15, 0.2) is 0 Å². The van der Waals surface area contributed by atoms with E-state index in [1.165, 1.54) is 25.3 Å². The van der Waals surface area contributed by atoms with Crippen LogP contribution in [-0.4, -0.2) is 24.5 Å². The summed E-state index contributed by atoms with van der Waals surface area (Å²) in [6, 6.07) is 5.25. The van der Waals surface area contributed by atoms with Gasteiger partial charge >= 0.3 is 0 Å². The Bertz CT molecular complexity index is 448. The molecule has 104 valence electrons. The third kappa shape index (κ3) is 2.41. The number of fused-ring (bicyclic) bond motifs is 1. The summed E-state index contributed by atoms with van der Waals surface area (Å²) in [4.78, 5) is 2.48. The summed E-state index contributed by atoms with van der Waals surface area (Å²) >= 11 is 0. The first-order valence-electron chi connectivity index (χ1n) is 7.39. The smallest absolute Gasteiger partial charge is 0.123 e. The summed E-state index contributed by atoms with van der Waals surface area (Å²) < 4.78 is 13.5. The Morgan fingerprint density at radius 2 is 2.00 bits per heavy atom. The van der Waals surface area contributed by atoms with E-state index in [1.807, 2.05) is 13.0 Å². The number of nitrogens with zero attached hydrogens (tertiary/aromatic N) is 1. The lowest BCUT2D eigenvalue weighted by Crippen LogP contribution is -2.33. The molecule has 1 saturated carbocycles. The quantitative estimate of drug-likeness (QED) is 0.907. The van der Waals surface area contributed by atoms with Gasteiger partial charge in [0.05, 0.1) is 0 Å². The van der Waals surface area contributed by atoms with E-state index < -0.39 is 0 Å². The molecule has 3 unspecified atom stereocenters. The molecular formula is C16H23FN2. The average molecular weight is 262 g/mol. The van der Waals surface area contributed by atoms with Crippen LogP contribution in [0.25, 0.3) is 0 Å². The Morgan fingerprint density at radius 1 is 1.32 bits per heavy atom. The molecule has 3 heteroatoms. The standard InChI is InChI=1S/C16H23FN2/c1-11-5-6-14(17)7-15(11)16(8-18)19-9-12-3-2-4-13(12)10-19/h5-7,12-13,16H,2-4,8-10,18H2,1H3. The molecule has 1 aliphatic heterocycles. The van der Waals surface area contributed by atoms with Crippen molar-refractivity contribution < 1.29 is 4.39 Å². The van der Waals surface area contributed by atoms with Crippen molar-refractivity contribution in [1.82, 2.24) is 4.90 Å². The highest BCUT2D eigenvalue weighted by molar-refractivity contribution is 5.30. The van der Waals surface area contributed by atoms with Crippen molar-refractivity contribution in [2.75, 3.05) is 19.6 Å². The van der Waals surface area contributed by atoms with E-state index in [0.29, 0.717) is 6.54 Å². The third-order valence-corrected chi connectivity index (χ3v) is 5.02. The van der Waals surface area contributed by atoms with E-state index in [0.717, 1.165) is 36.1 Å². The van der Waals surface area contributed by atoms with Gasteiger partial charge in [-0.25, -0.2) is 4.39 Å². The van der Waals surface area contributed by atoms with Crippen LogP contribution in [0, 0.1) is 24.6 Å². The Hall–Kier alpha value is -0.930. The van der Waals surface area contributed by atoms with Gasteiger partial charge in [-0.05, 0) is 54.9 Å². The molecule has 1 heterocycles. The highest BCUT2D eigenvalue weighted by atomic mass is 19.1. The normalized spacial score (nSPS) is 28.6. The van der Waals surface area contributed by atoms with Crippen LogP contribution < -0.4 is 5.73 Å². The third-order valence-electron chi connectivity index (χ3n) is 5.02. The summed E-state index contributed by atoms with van der Waals surface area (Å²) in [5, 5.41) is 0. The number of halogens is 1. The minimum atomic E-state index is -0.154. The van der Waals surface area contributed by atoms with Crippen LogP contribution in [-0.2, 0) is 0 Å². The van der Waals surface area contributed by atoms with E-state index in [-0.39, 0.29) is 11.9 Å². The van der Waals surface area contributed by atoms with Gasteiger partial charge < -0.3 is 5.73 Å². The van der Waals surface area contributed by atoms with Crippen molar-refractivity contribution in [2.45, 2.75) is 32.2 Å². The van der Waals surface area contributed by atoms with Gasteiger partial charge in [0.25, 0.3) is 0 Å². The monoisotopic (exact) mass is 262 g/mol. The molecule has 0 radical (unpaired) electrons. The Morgan fingerprint density at radius 3 is 2.63 bits per heavy atom. The molecule has 19 heavy (non-hydrogen) atoms. The van der Waals surface area contributed by atoms with Crippen LogP contribution in [0.15, 0.2) is 18.2 Å². The van der Waals surface area contributed by atoms with Crippen molar-refractivity contribution in [1.29, 1.82) is 0 Å². The summed E-state index contributed by atoms with van der Waals surface area (Å²) in [6.45, 7) is 4.91. The zero-order chi connectivity index (χ0) is 13.4. The SMILES string of the molecule is Cc1ccc(F)cc1C(CN)N1CC2CCCC2C1. The molecule has 2 fully saturated rings. The number of rotatable bonds is 3. The van der Waals surface area contributed by atoms with Crippen molar-refractivity contribution in [3.8, 4) is 0 Å². The van der Waals surface area contributed by atoms with Crippen LogP contribution >= 0.6 is 0 Å². The molecule has 1 aromatic rings. The first-order valence-corrected chi connectivity index (χ1v) is 7.39. The largest absolute Gasteiger partial charge is 0.329 e. The molecule has 0 amide bonds. The molecule has 1 aromatic carbocycles. The van der Waals surface area contributed by atoms with Gasteiger partial charge in [0.1, 0.15) is 5.82 Å². The maximum absolute atomic E-state index is 13.5. The van der Waals surface area contributed by atoms with Crippen LogP contribution in [0.2, 0.25) is 0 Å². The fourth-order valence-corrected chi connectivity index (χ4v) is 3.97. The second kappa shape index (κ2) is 5.22. The highest BCUT2D eigenvalue weighted by Crippen LogP contribution is 2.41. The lowest BCUT2D eigenvalue weighted by atomic mass is 9.99. The number of benzene rings is 1. The van der Waals surface area contributed by atoms with Gasteiger partial charge in [-0.3, -0.25) is 4.90 Å². The summed E-state index contributed by atoms with van der Waals surface area (Å²) in [5.41, 5.74) is 8.21. The highest BCUT2D eigenvalue weighted by Gasteiger charge is 2.38. The van der Waals surface area contributed by atoms with Crippen molar-refractivity contribution in [3.63, 3.8) is 0 Å². The number of hydrogen-bond donors (Lipinski definition) is 1. The van der Waals surface area contributed by atoms with Crippen LogP contribution in [0.3, 0.4) is 0 Å². The predicted molar refractivity (Wildman–Crippen MR) is 75.3 cm³/mol. The first-order chi connectivity index (χ1) is 9.19. The molecule has 1 saturated heterocycles. The first kappa shape index (κ1) is 13.1. The molecule has 2 nitrogen and oxygen atoms in total. The second-order valence-electron chi connectivity index (χ2n) is 6.16. The van der Waals surface area contributed by atoms with Crippen LogP contribution in [0.4, 0.5) is 4.39 Å². The molecule has 1 aliphatic carbocycles. The minimum Gasteiger partial charge on any atom is -0.329 e.